The molecule has 170 valence electrons. The maximum atomic E-state index is 6.31. The number of aromatic nitrogens is 1. The molecule has 8 nitrogen and oxygen atoms in total. The predicted octanol–water partition coefficient (Wildman–Crippen LogP) is 2.74. The number of halogens is 1. The minimum Gasteiger partial charge on any atom is -0.497 e. The first kappa shape index (κ1) is 23.7. The van der Waals surface area contributed by atoms with E-state index in [4.69, 9.17) is 20.2 Å². The van der Waals surface area contributed by atoms with Crippen LogP contribution in [0.1, 0.15) is 6.42 Å². The number of thiazole rings is 1. The van der Waals surface area contributed by atoms with Crippen LogP contribution in [0, 0.1) is 5.92 Å². The Bertz CT molecular complexity index is 835. The molecule has 0 amide bonds. The maximum Gasteiger partial charge on any atom is 0.191 e. The highest BCUT2D eigenvalue weighted by molar-refractivity contribution is 14.0. The fourth-order valence-corrected chi connectivity index (χ4v) is 4.71. The van der Waals surface area contributed by atoms with Crippen LogP contribution in [-0.2, 0) is 0 Å². The number of nitrogens with two attached hydrogens (primary N) is 1. The molecule has 0 radical (unpaired) electrons. The first-order valence-electron chi connectivity index (χ1n) is 10.3. The van der Waals surface area contributed by atoms with E-state index in [0.29, 0.717) is 11.9 Å². The Labute approximate surface area is 205 Å². The van der Waals surface area contributed by atoms with E-state index < -0.39 is 0 Å². The lowest BCUT2D eigenvalue weighted by atomic mass is 10.1. The Kier molecular flexibility index (Phi) is 8.47. The third-order valence-corrected chi connectivity index (χ3v) is 6.62. The van der Waals surface area contributed by atoms with Gasteiger partial charge in [0.2, 0.25) is 0 Å². The zero-order valence-corrected chi connectivity index (χ0v) is 21.2. The van der Waals surface area contributed by atoms with E-state index in [1.165, 1.54) is 0 Å². The molecule has 0 saturated carbocycles. The smallest absolute Gasteiger partial charge is 0.191 e. The van der Waals surface area contributed by atoms with E-state index in [2.05, 4.69) is 31.8 Å². The first-order valence-corrected chi connectivity index (χ1v) is 11.2. The highest BCUT2D eigenvalue weighted by atomic mass is 127. The molecule has 1 unspecified atom stereocenters. The van der Waals surface area contributed by atoms with Gasteiger partial charge in [-0.15, -0.1) is 35.3 Å². The fraction of sp³-hybridized carbons (Fsp3) is 0.524. The average molecular weight is 558 g/mol. The lowest BCUT2D eigenvalue weighted by molar-refractivity contribution is 0.379. The highest BCUT2D eigenvalue weighted by Crippen LogP contribution is 2.31. The molecular weight excluding hydrogens is 527 g/mol. The Hall–Kier alpha value is -1.95. The number of aliphatic imine (C=N–C) groups is 1. The topological polar surface area (TPSA) is 79.5 Å². The van der Waals surface area contributed by atoms with E-state index in [1.807, 2.05) is 17.6 Å². The SMILES string of the molecule is COc1cc(OC)cc(N2CCC(CN=C(N)N3CCN(c4nccs4)CC3)C2)c1.I. The molecule has 31 heavy (non-hydrogen) atoms. The van der Waals surface area contributed by atoms with Gasteiger partial charge in [0.1, 0.15) is 11.5 Å². The van der Waals surface area contributed by atoms with Crippen molar-refractivity contribution in [1.82, 2.24) is 9.88 Å². The van der Waals surface area contributed by atoms with E-state index in [-0.39, 0.29) is 24.0 Å². The molecule has 0 spiro atoms. The summed E-state index contributed by atoms with van der Waals surface area (Å²) in [5.41, 5.74) is 7.44. The van der Waals surface area contributed by atoms with Gasteiger partial charge in [0, 0.05) is 81.3 Å². The van der Waals surface area contributed by atoms with Gasteiger partial charge < -0.3 is 29.9 Å². The summed E-state index contributed by atoms with van der Waals surface area (Å²) in [6.45, 7) is 6.35. The van der Waals surface area contributed by atoms with Crippen molar-refractivity contribution in [3.63, 3.8) is 0 Å². The van der Waals surface area contributed by atoms with Crippen molar-refractivity contribution in [2.75, 3.05) is 69.8 Å². The number of benzene rings is 1. The van der Waals surface area contributed by atoms with Crippen LogP contribution in [0.15, 0.2) is 34.8 Å². The molecule has 2 aliphatic heterocycles. The average Bonchev–Trinajstić information content (AvgIpc) is 3.49. The normalized spacial score (nSPS) is 19.4. The summed E-state index contributed by atoms with van der Waals surface area (Å²) in [6, 6.07) is 6.02. The molecule has 2 N–H and O–H groups in total. The zero-order chi connectivity index (χ0) is 20.9. The number of rotatable bonds is 6. The molecule has 1 atom stereocenters. The van der Waals surface area contributed by atoms with Gasteiger partial charge in [-0.1, -0.05) is 0 Å². The monoisotopic (exact) mass is 558 g/mol. The third kappa shape index (κ3) is 5.85. The summed E-state index contributed by atoms with van der Waals surface area (Å²) in [5, 5.41) is 3.11. The van der Waals surface area contributed by atoms with Gasteiger partial charge in [0.05, 0.1) is 14.2 Å². The second-order valence-corrected chi connectivity index (χ2v) is 8.53. The van der Waals surface area contributed by atoms with E-state index in [1.54, 1.807) is 25.6 Å². The number of hydrogen-bond acceptors (Lipinski definition) is 7. The molecule has 2 aromatic rings. The van der Waals surface area contributed by atoms with Crippen molar-refractivity contribution < 1.29 is 9.47 Å². The largest absolute Gasteiger partial charge is 0.497 e. The summed E-state index contributed by atoms with van der Waals surface area (Å²) in [7, 11) is 3.36. The van der Waals surface area contributed by atoms with Crippen molar-refractivity contribution in [1.29, 1.82) is 0 Å². The lowest BCUT2D eigenvalue weighted by Crippen LogP contribution is -2.51. The molecule has 2 fully saturated rings. The molecule has 2 aliphatic rings. The minimum atomic E-state index is 0. The van der Waals surface area contributed by atoms with Gasteiger partial charge in [-0.2, -0.15) is 0 Å². The fourth-order valence-electron chi connectivity index (χ4n) is 4.01. The number of anilines is 2. The first-order chi connectivity index (χ1) is 14.7. The molecule has 1 aromatic heterocycles. The van der Waals surface area contributed by atoms with E-state index in [0.717, 1.165) is 74.6 Å². The molecule has 0 aliphatic carbocycles. The van der Waals surface area contributed by atoms with Crippen LogP contribution in [0.5, 0.6) is 11.5 Å². The molecule has 4 rings (SSSR count). The van der Waals surface area contributed by atoms with Gasteiger partial charge in [0.25, 0.3) is 0 Å². The summed E-state index contributed by atoms with van der Waals surface area (Å²) in [5.74, 6) is 2.78. The van der Waals surface area contributed by atoms with E-state index in [9.17, 15) is 0 Å². The summed E-state index contributed by atoms with van der Waals surface area (Å²) < 4.78 is 10.8. The second-order valence-electron chi connectivity index (χ2n) is 7.66. The Morgan fingerprint density at radius 2 is 1.81 bits per heavy atom. The molecule has 2 saturated heterocycles. The second kappa shape index (κ2) is 11.1. The maximum absolute atomic E-state index is 6.31. The molecule has 10 heteroatoms. The van der Waals surface area contributed by atoms with Crippen LogP contribution < -0.4 is 25.0 Å². The Morgan fingerprint density at radius 3 is 2.42 bits per heavy atom. The number of ether oxygens (including phenoxy) is 2. The molecule has 0 bridgehead atoms. The van der Waals surface area contributed by atoms with Crippen LogP contribution in [0.3, 0.4) is 0 Å². The molecule has 3 heterocycles. The Balaban J connectivity index is 0.00000272. The lowest BCUT2D eigenvalue weighted by Gasteiger charge is -2.35. The zero-order valence-electron chi connectivity index (χ0n) is 18.1. The van der Waals surface area contributed by atoms with Crippen LogP contribution >= 0.6 is 35.3 Å². The summed E-state index contributed by atoms with van der Waals surface area (Å²) in [6.07, 6.45) is 2.96. The quantitative estimate of drug-likeness (QED) is 0.332. The Morgan fingerprint density at radius 1 is 1.10 bits per heavy atom. The molecule has 1 aromatic carbocycles. The van der Waals surface area contributed by atoms with Gasteiger partial charge in [-0.25, -0.2) is 4.98 Å². The van der Waals surface area contributed by atoms with Crippen LogP contribution in [0.2, 0.25) is 0 Å². The van der Waals surface area contributed by atoms with Gasteiger partial charge >= 0.3 is 0 Å². The van der Waals surface area contributed by atoms with Crippen LogP contribution in [0.25, 0.3) is 0 Å². The minimum absolute atomic E-state index is 0. The standard InChI is InChI=1S/C21H30N6O2S.HI/c1-28-18-11-17(12-19(13-18)29-2)27-5-3-16(15-27)14-24-20(22)25-6-8-26(9-7-25)21-23-4-10-30-21;/h4,10-13,16H,3,5-9,14-15H2,1-2H3,(H2,22,24);1H. The molecular formula is C21H31IN6O2S. The van der Waals surface area contributed by atoms with Crippen molar-refractivity contribution in [3.8, 4) is 11.5 Å². The van der Waals surface area contributed by atoms with Gasteiger partial charge in [-0.3, -0.25) is 4.99 Å². The van der Waals surface area contributed by atoms with Gasteiger partial charge in [0.15, 0.2) is 11.1 Å². The van der Waals surface area contributed by atoms with Crippen LogP contribution in [0.4, 0.5) is 10.8 Å². The number of hydrogen-bond donors (Lipinski definition) is 1. The number of guanidine groups is 1. The summed E-state index contributed by atoms with van der Waals surface area (Å²) >= 11 is 1.68. The van der Waals surface area contributed by atoms with Crippen molar-refractivity contribution >= 4 is 52.1 Å². The number of methoxy groups -OCH3 is 2. The van der Waals surface area contributed by atoms with Crippen molar-refractivity contribution in [2.45, 2.75) is 6.42 Å². The summed E-state index contributed by atoms with van der Waals surface area (Å²) in [4.78, 5) is 16.0. The van der Waals surface area contributed by atoms with Crippen molar-refractivity contribution in [3.05, 3.63) is 29.8 Å². The number of piperazine rings is 1. The predicted molar refractivity (Wildman–Crippen MR) is 138 cm³/mol. The van der Waals surface area contributed by atoms with Gasteiger partial charge in [-0.05, 0) is 12.3 Å². The third-order valence-electron chi connectivity index (χ3n) is 5.79. The number of nitrogens with zero attached hydrogens (tertiary/aromatic N) is 5. The van der Waals surface area contributed by atoms with E-state index >= 15 is 0 Å². The highest BCUT2D eigenvalue weighted by Gasteiger charge is 2.24. The van der Waals surface area contributed by atoms with Crippen LogP contribution in [-0.4, -0.2) is 75.9 Å². The van der Waals surface area contributed by atoms with Crippen molar-refractivity contribution in [2.24, 2.45) is 16.6 Å².